The monoisotopic (exact) mass is 222 g/mol. The Morgan fingerprint density at radius 3 is 2.50 bits per heavy atom. The van der Waals surface area contributed by atoms with Gasteiger partial charge in [0.25, 0.3) is 0 Å². The third kappa shape index (κ3) is 3.54. The van der Waals surface area contributed by atoms with Crippen molar-refractivity contribution in [1.82, 2.24) is 0 Å². The maximum atomic E-state index is 3.20. The number of hydrogen-bond donors (Lipinski definition) is 0. The molecule has 0 radical (unpaired) electrons. The molecule has 0 aliphatic rings. The van der Waals surface area contributed by atoms with Crippen molar-refractivity contribution >= 4 is 15.9 Å². The van der Waals surface area contributed by atoms with Gasteiger partial charge < -0.3 is 0 Å². The maximum absolute atomic E-state index is 3.20. The summed E-state index contributed by atoms with van der Waals surface area (Å²) in [6, 6.07) is 10.4. The molecular weight excluding hydrogens is 212 g/mol. The van der Waals surface area contributed by atoms with Crippen molar-refractivity contribution in [3.8, 4) is 0 Å². The highest BCUT2D eigenvalue weighted by Crippen LogP contribution is 2.00. The largest absolute Gasteiger partial charge is 0.0801 e. The summed E-state index contributed by atoms with van der Waals surface area (Å²) in [5.74, 6) is 0. The number of rotatable bonds is 3. The zero-order chi connectivity index (χ0) is 8.65. The molecule has 0 heterocycles. The van der Waals surface area contributed by atoms with E-state index in [1.807, 2.05) is 23.2 Å². The average molecular weight is 223 g/mol. The van der Waals surface area contributed by atoms with E-state index in [4.69, 9.17) is 0 Å². The lowest BCUT2D eigenvalue weighted by atomic mass is 10.1. The highest BCUT2D eigenvalue weighted by Gasteiger charge is 1.83. The number of hydrogen-bond acceptors (Lipinski definition) is 0. The Hall–Kier alpha value is -0.820. The van der Waals surface area contributed by atoms with E-state index in [0.29, 0.717) is 0 Å². The van der Waals surface area contributed by atoms with Gasteiger partial charge in [0, 0.05) is 0 Å². The van der Waals surface area contributed by atoms with Crippen LogP contribution in [0, 0.1) is 0 Å². The van der Waals surface area contributed by atoms with Crippen molar-refractivity contribution in [1.29, 1.82) is 0 Å². The summed E-state index contributed by atoms with van der Waals surface area (Å²) in [4.78, 5) is 1.84. The topological polar surface area (TPSA) is 0 Å². The third-order valence-electron chi connectivity index (χ3n) is 1.52. The van der Waals surface area contributed by atoms with Crippen LogP contribution < -0.4 is 0 Å². The van der Waals surface area contributed by atoms with Crippen LogP contribution in [-0.2, 0) is 6.42 Å². The molecule has 1 heteroatoms. The van der Waals surface area contributed by atoms with E-state index in [-0.39, 0.29) is 0 Å². The van der Waals surface area contributed by atoms with Crippen molar-refractivity contribution in [3.63, 3.8) is 0 Å². The molecule has 0 nitrogen and oxygen atoms in total. The number of halogens is 1. The Morgan fingerprint density at radius 2 is 1.83 bits per heavy atom. The van der Waals surface area contributed by atoms with Crippen LogP contribution in [0.15, 0.2) is 53.5 Å². The van der Waals surface area contributed by atoms with Crippen molar-refractivity contribution < 1.29 is 0 Å². The van der Waals surface area contributed by atoms with E-state index in [1.165, 1.54) is 5.56 Å². The van der Waals surface area contributed by atoms with Gasteiger partial charge in [-0.2, -0.15) is 0 Å². The molecule has 0 spiro atoms. The third-order valence-corrected chi connectivity index (χ3v) is 1.82. The molecule has 0 saturated carbocycles. The quantitative estimate of drug-likeness (QED) is 0.685. The summed E-state index contributed by atoms with van der Waals surface area (Å²) in [5.41, 5.74) is 1.34. The van der Waals surface area contributed by atoms with Gasteiger partial charge in [-0.1, -0.05) is 64.5 Å². The minimum Gasteiger partial charge on any atom is -0.0801 e. The lowest BCUT2D eigenvalue weighted by Crippen LogP contribution is -1.77. The highest BCUT2D eigenvalue weighted by molar-refractivity contribution is 9.11. The van der Waals surface area contributed by atoms with Crippen LogP contribution in [0.3, 0.4) is 0 Å². The zero-order valence-corrected chi connectivity index (χ0v) is 8.37. The van der Waals surface area contributed by atoms with Gasteiger partial charge in [0.15, 0.2) is 0 Å². The molecule has 0 N–H and O–H groups in total. The van der Waals surface area contributed by atoms with Crippen LogP contribution in [0.4, 0.5) is 0 Å². The van der Waals surface area contributed by atoms with Gasteiger partial charge in [-0.05, 0) is 17.0 Å². The SMILES string of the molecule is Br/C=C\C=C\Cc1ccccc1. The first-order valence-electron chi connectivity index (χ1n) is 3.89. The average Bonchev–Trinajstić information content (AvgIpc) is 2.14. The molecule has 0 bridgehead atoms. The predicted octanol–water partition coefficient (Wildman–Crippen LogP) is 3.69. The smallest absolute Gasteiger partial charge is 0.00943 e. The van der Waals surface area contributed by atoms with Gasteiger partial charge in [0.2, 0.25) is 0 Å². The molecule has 0 atom stereocenters. The molecule has 1 aromatic rings. The standard InChI is InChI=1S/C11H11Br/c12-10-6-2-5-9-11-7-3-1-4-8-11/h1-8,10H,9H2/b5-2+,10-6-. The Labute approximate surface area is 81.7 Å². The van der Waals surface area contributed by atoms with Gasteiger partial charge in [-0.3, -0.25) is 0 Å². The molecule has 0 unspecified atom stereocenters. The van der Waals surface area contributed by atoms with Crippen molar-refractivity contribution in [2.75, 3.05) is 0 Å². The molecule has 0 aliphatic carbocycles. The fraction of sp³-hybridized carbons (Fsp3) is 0.0909. The van der Waals surface area contributed by atoms with Gasteiger partial charge in [0.1, 0.15) is 0 Å². The predicted molar refractivity (Wildman–Crippen MR) is 57.4 cm³/mol. The minimum absolute atomic E-state index is 0.998. The molecule has 0 fully saturated rings. The summed E-state index contributed by atoms with van der Waals surface area (Å²) in [5, 5.41) is 0. The van der Waals surface area contributed by atoms with Gasteiger partial charge in [-0.15, -0.1) is 0 Å². The van der Waals surface area contributed by atoms with E-state index in [2.05, 4.69) is 46.3 Å². The summed E-state index contributed by atoms with van der Waals surface area (Å²) < 4.78 is 0. The van der Waals surface area contributed by atoms with Crippen molar-refractivity contribution in [2.45, 2.75) is 6.42 Å². The molecule has 0 saturated heterocycles. The molecule has 0 aliphatic heterocycles. The van der Waals surface area contributed by atoms with Crippen LogP contribution in [0.1, 0.15) is 5.56 Å². The van der Waals surface area contributed by atoms with E-state index in [1.54, 1.807) is 0 Å². The zero-order valence-electron chi connectivity index (χ0n) is 6.78. The molecule has 62 valence electrons. The Bertz CT molecular complexity index is 260. The number of allylic oxidation sites excluding steroid dienone is 3. The summed E-state index contributed by atoms with van der Waals surface area (Å²) in [6.07, 6.45) is 7.12. The van der Waals surface area contributed by atoms with E-state index < -0.39 is 0 Å². The van der Waals surface area contributed by atoms with Crippen LogP contribution in [0.25, 0.3) is 0 Å². The fourth-order valence-corrected chi connectivity index (χ4v) is 1.12. The lowest BCUT2D eigenvalue weighted by molar-refractivity contribution is 1.27. The first-order valence-corrected chi connectivity index (χ1v) is 4.81. The highest BCUT2D eigenvalue weighted by atomic mass is 79.9. The van der Waals surface area contributed by atoms with Gasteiger partial charge in [-0.25, -0.2) is 0 Å². The van der Waals surface area contributed by atoms with Crippen LogP contribution >= 0.6 is 15.9 Å². The second-order valence-electron chi connectivity index (χ2n) is 2.44. The summed E-state index contributed by atoms with van der Waals surface area (Å²) >= 11 is 3.20. The second kappa shape index (κ2) is 5.78. The van der Waals surface area contributed by atoms with Crippen LogP contribution in [0.5, 0.6) is 0 Å². The Kier molecular flexibility index (Phi) is 4.47. The van der Waals surface area contributed by atoms with E-state index in [0.717, 1.165) is 6.42 Å². The van der Waals surface area contributed by atoms with Gasteiger partial charge in [0.05, 0.1) is 0 Å². The molecule has 12 heavy (non-hydrogen) atoms. The van der Waals surface area contributed by atoms with Crippen molar-refractivity contribution in [2.24, 2.45) is 0 Å². The van der Waals surface area contributed by atoms with Gasteiger partial charge >= 0.3 is 0 Å². The Balaban J connectivity index is 2.43. The first kappa shape index (κ1) is 9.27. The Morgan fingerprint density at radius 1 is 1.08 bits per heavy atom. The molecule has 0 amide bonds. The minimum atomic E-state index is 0.998. The molecule has 1 aromatic carbocycles. The van der Waals surface area contributed by atoms with Crippen LogP contribution in [0.2, 0.25) is 0 Å². The van der Waals surface area contributed by atoms with Crippen molar-refractivity contribution in [3.05, 3.63) is 59.1 Å². The fourth-order valence-electron chi connectivity index (χ4n) is 0.939. The first-order chi connectivity index (χ1) is 5.93. The maximum Gasteiger partial charge on any atom is -0.00943 e. The molecule has 0 aromatic heterocycles. The summed E-state index contributed by atoms with van der Waals surface area (Å²) in [7, 11) is 0. The van der Waals surface area contributed by atoms with E-state index in [9.17, 15) is 0 Å². The van der Waals surface area contributed by atoms with Crippen LogP contribution in [-0.4, -0.2) is 0 Å². The molecular formula is C11H11Br. The normalized spacial score (nSPS) is 11.4. The van der Waals surface area contributed by atoms with E-state index >= 15 is 0 Å². The molecule has 1 rings (SSSR count). The second-order valence-corrected chi connectivity index (χ2v) is 2.96. The number of benzene rings is 1. The lowest BCUT2D eigenvalue weighted by Gasteiger charge is -1.92. The summed E-state index contributed by atoms with van der Waals surface area (Å²) in [6.45, 7) is 0.